The summed E-state index contributed by atoms with van der Waals surface area (Å²) in [6.45, 7) is 0.373. The average Bonchev–Trinajstić information content (AvgIpc) is 1.99. The topological polar surface area (TPSA) is 49.3 Å². The number of carbonyl (C=O) groups is 1. The van der Waals surface area contributed by atoms with Crippen molar-refractivity contribution >= 4 is 18.0 Å². The number of aromatic hydroxyl groups is 1. The van der Waals surface area contributed by atoms with Crippen molar-refractivity contribution in [3.63, 3.8) is 0 Å². The van der Waals surface area contributed by atoms with Crippen LogP contribution in [0.1, 0.15) is 5.56 Å². The van der Waals surface area contributed by atoms with Crippen molar-refractivity contribution < 1.29 is 9.90 Å². The predicted octanol–water partition coefficient (Wildman–Crippen LogP) is 1.29. The van der Waals surface area contributed by atoms with Crippen LogP contribution in [0.4, 0.5) is 0 Å². The van der Waals surface area contributed by atoms with Gasteiger partial charge in [0.05, 0.1) is 0 Å². The predicted molar refractivity (Wildman–Crippen MR) is 46.0 cm³/mol. The van der Waals surface area contributed by atoms with Gasteiger partial charge in [-0.3, -0.25) is 4.79 Å². The molecule has 0 aliphatic rings. The average molecular weight is 186 g/mol. The van der Waals surface area contributed by atoms with Gasteiger partial charge in [-0.15, -0.1) is 0 Å². The van der Waals surface area contributed by atoms with E-state index >= 15 is 0 Å². The Bertz CT molecular complexity index is 268. The van der Waals surface area contributed by atoms with Crippen LogP contribution in [0.2, 0.25) is 5.02 Å². The molecule has 0 radical (unpaired) electrons. The van der Waals surface area contributed by atoms with Crippen LogP contribution in [0.5, 0.6) is 5.75 Å². The summed E-state index contributed by atoms with van der Waals surface area (Å²) in [6.07, 6.45) is 0.595. The molecule has 0 aliphatic carbocycles. The van der Waals surface area contributed by atoms with Gasteiger partial charge in [0.25, 0.3) is 0 Å². The van der Waals surface area contributed by atoms with E-state index in [1.807, 2.05) is 0 Å². The molecular formula is C8H8ClNO2. The second-order valence-electron chi connectivity index (χ2n) is 2.32. The van der Waals surface area contributed by atoms with Gasteiger partial charge in [0.15, 0.2) is 0 Å². The summed E-state index contributed by atoms with van der Waals surface area (Å²) in [5.41, 5.74) is 0.770. The molecule has 0 saturated heterocycles. The van der Waals surface area contributed by atoms with E-state index in [0.29, 0.717) is 18.0 Å². The van der Waals surface area contributed by atoms with Crippen molar-refractivity contribution in [3.8, 4) is 5.75 Å². The highest BCUT2D eigenvalue weighted by Crippen LogP contribution is 2.19. The van der Waals surface area contributed by atoms with Gasteiger partial charge in [0, 0.05) is 11.6 Å². The van der Waals surface area contributed by atoms with Gasteiger partial charge in [-0.05, 0) is 23.8 Å². The molecule has 0 atom stereocenters. The standard InChI is InChI=1S/C8H8ClNO2/c9-7-1-6(4-10-5-11)2-8(12)3-7/h1-3,5,12H,4H2,(H,10,11). The Morgan fingerprint density at radius 3 is 2.83 bits per heavy atom. The summed E-state index contributed by atoms with van der Waals surface area (Å²) < 4.78 is 0. The first-order valence-electron chi connectivity index (χ1n) is 3.38. The molecule has 0 heterocycles. The van der Waals surface area contributed by atoms with Gasteiger partial charge in [-0.25, -0.2) is 0 Å². The van der Waals surface area contributed by atoms with E-state index in [0.717, 1.165) is 5.56 Å². The molecule has 0 fully saturated rings. The van der Waals surface area contributed by atoms with Gasteiger partial charge >= 0.3 is 0 Å². The van der Waals surface area contributed by atoms with E-state index in [9.17, 15) is 4.79 Å². The van der Waals surface area contributed by atoms with E-state index in [2.05, 4.69) is 5.32 Å². The van der Waals surface area contributed by atoms with Crippen LogP contribution < -0.4 is 5.32 Å². The highest BCUT2D eigenvalue weighted by Gasteiger charge is 1.96. The Morgan fingerprint density at radius 1 is 1.50 bits per heavy atom. The molecule has 0 unspecified atom stereocenters. The van der Waals surface area contributed by atoms with Crippen LogP contribution in [0.3, 0.4) is 0 Å². The molecule has 0 aromatic heterocycles. The summed E-state index contributed by atoms with van der Waals surface area (Å²) in [4.78, 5) is 9.94. The quantitative estimate of drug-likeness (QED) is 0.698. The molecular weight excluding hydrogens is 178 g/mol. The van der Waals surface area contributed by atoms with Crippen LogP contribution in [-0.2, 0) is 11.3 Å². The lowest BCUT2D eigenvalue weighted by Gasteiger charge is -2.01. The third kappa shape index (κ3) is 2.43. The number of phenols is 1. The lowest BCUT2D eigenvalue weighted by Crippen LogP contribution is -2.09. The number of phenolic OH excluding ortho intramolecular Hbond substituents is 1. The van der Waals surface area contributed by atoms with Gasteiger partial charge in [-0.1, -0.05) is 11.6 Å². The van der Waals surface area contributed by atoms with Crippen LogP contribution in [0.15, 0.2) is 18.2 Å². The molecule has 1 amide bonds. The molecule has 0 spiro atoms. The van der Waals surface area contributed by atoms with Crippen molar-refractivity contribution in [2.75, 3.05) is 0 Å². The second-order valence-corrected chi connectivity index (χ2v) is 2.75. The fourth-order valence-corrected chi connectivity index (χ4v) is 1.15. The van der Waals surface area contributed by atoms with E-state index in [1.165, 1.54) is 6.07 Å². The van der Waals surface area contributed by atoms with Gasteiger partial charge in [-0.2, -0.15) is 0 Å². The number of amides is 1. The minimum atomic E-state index is 0.102. The number of hydrogen-bond acceptors (Lipinski definition) is 2. The summed E-state index contributed by atoms with van der Waals surface area (Å²) >= 11 is 5.65. The monoisotopic (exact) mass is 185 g/mol. The molecule has 64 valence electrons. The van der Waals surface area contributed by atoms with Crippen molar-refractivity contribution in [2.24, 2.45) is 0 Å². The number of rotatable bonds is 3. The Balaban J connectivity index is 2.78. The van der Waals surface area contributed by atoms with Crippen LogP contribution in [-0.4, -0.2) is 11.5 Å². The number of halogens is 1. The molecule has 2 N–H and O–H groups in total. The number of benzene rings is 1. The van der Waals surface area contributed by atoms with Crippen LogP contribution in [0, 0.1) is 0 Å². The minimum Gasteiger partial charge on any atom is -0.508 e. The lowest BCUT2D eigenvalue weighted by atomic mass is 10.2. The number of nitrogens with one attached hydrogen (secondary N) is 1. The van der Waals surface area contributed by atoms with Gasteiger partial charge in [0.2, 0.25) is 6.41 Å². The zero-order valence-corrected chi connectivity index (χ0v) is 7.01. The van der Waals surface area contributed by atoms with E-state index < -0.39 is 0 Å². The van der Waals surface area contributed by atoms with Crippen molar-refractivity contribution in [3.05, 3.63) is 28.8 Å². The molecule has 0 aliphatic heterocycles. The molecule has 12 heavy (non-hydrogen) atoms. The molecule has 1 rings (SSSR count). The summed E-state index contributed by atoms with van der Waals surface area (Å²) in [7, 11) is 0. The number of carbonyl (C=O) groups excluding carboxylic acids is 1. The summed E-state index contributed by atoms with van der Waals surface area (Å²) in [5, 5.41) is 12.0. The first-order chi connectivity index (χ1) is 5.72. The SMILES string of the molecule is O=CNCc1cc(O)cc(Cl)c1. The minimum absolute atomic E-state index is 0.102. The number of hydrogen-bond donors (Lipinski definition) is 2. The Kier molecular flexibility index (Phi) is 2.94. The lowest BCUT2D eigenvalue weighted by molar-refractivity contribution is -0.109. The summed E-state index contributed by atoms with van der Waals surface area (Å²) in [6, 6.07) is 4.66. The third-order valence-corrected chi connectivity index (χ3v) is 1.55. The van der Waals surface area contributed by atoms with Crippen LogP contribution in [0.25, 0.3) is 0 Å². The molecule has 3 nitrogen and oxygen atoms in total. The van der Waals surface area contributed by atoms with E-state index in [1.54, 1.807) is 12.1 Å². The largest absolute Gasteiger partial charge is 0.508 e. The van der Waals surface area contributed by atoms with Gasteiger partial charge in [0.1, 0.15) is 5.75 Å². The summed E-state index contributed by atoms with van der Waals surface area (Å²) in [5.74, 6) is 0.102. The fourth-order valence-electron chi connectivity index (χ4n) is 0.895. The van der Waals surface area contributed by atoms with Crippen molar-refractivity contribution in [1.82, 2.24) is 5.32 Å². The Labute approximate surface area is 75.0 Å². The Morgan fingerprint density at radius 2 is 2.25 bits per heavy atom. The highest BCUT2D eigenvalue weighted by atomic mass is 35.5. The zero-order chi connectivity index (χ0) is 8.97. The second kappa shape index (κ2) is 3.97. The molecule has 0 bridgehead atoms. The van der Waals surface area contributed by atoms with Crippen LogP contribution >= 0.6 is 11.6 Å². The highest BCUT2D eigenvalue weighted by molar-refractivity contribution is 6.30. The smallest absolute Gasteiger partial charge is 0.207 e. The maximum absolute atomic E-state index is 9.94. The molecule has 0 saturated carbocycles. The van der Waals surface area contributed by atoms with Crippen molar-refractivity contribution in [2.45, 2.75) is 6.54 Å². The fraction of sp³-hybridized carbons (Fsp3) is 0.125. The maximum Gasteiger partial charge on any atom is 0.207 e. The molecule has 1 aromatic rings. The Hall–Kier alpha value is -1.22. The molecule has 1 aromatic carbocycles. The van der Waals surface area contributed by atoms with Crippen molar-refractivity contribution in [1.29, 1.82) is 0 Å². The zero-order valence-electron chi connectivity index (χ0n) is 6.25. The normalized spacial score (nSPS) is 9.42. The third-order valence-electron chi connectivity index (χ3n) is 1.33. The van der Waals surface area contributed by atoms with Gasteiger partial charge < -0.3 is 10.4 Å². The first kappa shape index (κ1) is 8.87. The first-order valence-corrected chi connectivity index (χ1v) is 3.75. The molecule has 4 heteroatoms. The van der Waals surface area contributed by atoms with E-state index in [-0.39, 0.29) is 5.75 Å². The maximum atomic E-state index is 9.94. The van der Waals surface area contributed by atoms with E-state index in [4.69, 9.17) is 16.7 Å².